The summed E-state index contributed by atoms with van der Waals surface area (Å²) in [6, 6.07) is 10.9. The molecule has 0 unspecified atom stereocenters. The molecule has 11 heteroatoms. The maximum atomic E-state index is 5.78. The number of hydrogen-bond acceptors (Lipinski definition) is 10. The predicted molar refractivity (Wildman–Crippen MR) is 117 cm³/mol. The topological polar surface area (TPSA) is 117 Å². The van der Waals surface area contributed by atoms with Gasteiger partial charge in [0.2, 0.25) is 16.9 Å². The minimum atomic E-state index is 0.390. The van der Waals surface area contributed by atoms with Crippen molar-refractivity contribution >= 4 is 11.8 Å². The number of aromatic nitrogens is 5. The summed E-state index contributed by atoms with van der Waals surface area (Å²) >= 11 is 1.37. The molecule has 0 saturated carbocycles. The van der Waals surface area contributed by atoms with E-state index in [1.807, 2.05) is 18.2 Å². The van der Waals surface area contributed by atoms with Crippen molar-refractivity contribution in [3.05, 3.63) is 42.3 Å². The van der Waals surface area contributed by atoms with Crippen LogP contribution in [-0.4, -0.2) is 53.8 Å². The lowest BCUT2D eigenvalue weighted by Crippen LogP contribution is -1.90. The van der Waals surface area contributed by atoms with Gasteiger partial charge in [0.1, 0.15) is 11.5 Å². The molecule has 0 radical (unpaired) electrons. The molecular weight excluding hydrogens is 434 g/mol. The van der Waals surface area contributed by atoms with Crippen molar-refractivity contribution in [1.82, 2.24) is 25.4 Å². The van der Waals surface area contributed by atoms with Gasteiger partial charge in [-0.05, 0) is 30.3 Å². The van der Waals surface area contributed by atoms with Gasteiger partial charge in [-0.25, -0.2) is 4.98 Å². The number of aromatic amines is 1. The Morgan fingerprint density at radius 2 is 1.59 bits per heavy atom. The lowest BCUT2D eigenvalue weighted by Gasteiger charge is -2.07. The fourth-order valence-electron chi connectivity index (χ4n) is 2.91. The lowest BCUT2D eigenvalue weighted by molar-refractivity contribution is 0.355. The highest BCUT2D eigenvalue weighted by atomic mass is 32.2. The van der Waals surface area contributed by atoms with Crippen LogP contribution in [-0.2, 0) is 5.75 Å². The first-order valence-corrected chi connectivity index (χ1v) is 10.5. The molecule has 4 rings (SSSR count). The standard InChI is InChI=1S/C21H21N5O5S/c1-27-14-7-13(8-15(10-14)28-2)19-22-21(26-24-19)32-11-18-23-25-20(31-18)12-5-6-16(29-3)17(9-12)30-4/h5-10H,11H2,1-4H3,(H,22,24,26). The molecule has 2 aromatic carbocycles. The number of rotatable bonds is 9. The lowest BCUT2D eigenvalue weighted by atomic mass is 10.2. The summed E-state index contributed by atoms with van der Waals surface area (Å²) in [6.45, 7) is 0. The number of nitrogens with zero attached hydrogens (tertiary/aromatic N) is 4. The van der Waals surface area contributed by atoms with Crippen molar-refractivity contribution in [2.75, 3.05) is 28.4 Å². The van der Waals surface area contributed by atoms with Gasteiger partial charge in [-0.1, -0.05) is 11.8 Å². The Bertz CT molecular complexity index is 1190. The van der Waals surface area contributed by atoms with E-state index in [4.69, 9.17) is 23.4 Å². The fraction of sp³-hybridized carbons (Fsp3) is 0.238. The van der Waals surface area contributed by atoms with Gasteiger partial charge in [0.05, 0.1) is 34.2 Å². The number of thioether (sulfide) groups is 1. The molecule has 0 aliphatic carbocycles. The molecular formula is C21H21N5O5S. The predicted octanol–water partition coefficient (Wildman–Crippen LogP) is 3.85. The highest BCUT2D eigenvalue weighted by Crippen LogP contribution is 2.33. The Labute approximate surface area is 188 Å². The highest BCUT2D eigenvalue weighted by molar-refractivity contribution is 7.98. The molecule has 10 nitrogen and oxygen atoms in total. The van der Waals surface area contributed by atoms with Gasteiger partial charge in [-0.15, -0.1) is 15.3 Å². The highest BCUT2D eigenvalue weighted by Gasteiger charge is 2.14. The maximum Gasteiger partial charge on any atom is 0.247 e. The number of ether oxygens (including phenoxy) is 4. The van der Waals surface area contributed by atoms with Crippen LogP contribution >= 0.6 is 11.8 Å². The van der Waals surface area contributed by atoms with Gasteiger partial charge >= 0.3 is 0 Å². The average molecular weight is 455 g/mol. The summed E-state index contributed by atoms with van der Waals surface area (Å²) in [5.74, 6) is 4.40. The molecule has 166 valence electrons. The number of nitrogens with one attached hydrogen (secondary N) is 1. The fourth-order valence-corrected chi connectivity index (χ4v) is 3.54. The van der Waals surface area contributed by atoms with Gasteiger partial charge in [-0.2, -0.15) is 0 Å². The van der Waals surface area contributed by atoms with Gasteiger partial charge in [0.25, 0.3) is 0 Å². The summed E-state index contributed by atoms with van der Waals surface area (Å²) < 4.78 is 27.0. The van der Waals surface area contributed by atoms with E-state index in [2.05, 4.69) is 25.4 Å². The number of H-pyrrole nitrogens is 1. The molecule has 0 fully saturated rings. The van der Waals surface area contributed by atoms with Crippen LogP contribution in [0.1, 0.15) is 5.89 Å². The third kappa shape index (κ3) is 4.62. The third-order valence-corrected chi connectivity index (χ3v) is 5.34. The zero-order valence-corrected chi connectivity index (χ0v) is 18.7. The molecule has 0 saturated heterocycles. The quantitative estimate of drug-likeness (QED) is 0.373. The smallest absolute Gasteiger partial charge is 0.247 e. The Morgan fingerprint density at radius 1 is 0.844 bits per heavy atom. The van der Waals surface area contributed by atoms with E-state index in [-0.39, 0.29) is 0 Å². The first-order chi connectivity index (χ1) is 15.6. The zero-order chi connectivity index (χ0) is 22.5. The second-order valence-corrected chi connectivity index (χ2v) is 7.37. The van der Waals surface area contributed by atoms with Crippen molar-refractivity contribution in [3.63, 3.8) is 0 Å². The van der Waals surface area contributed by atoms with Crippen LogP contribution in [0.25, 0.3) is 22.8 Å². The van der Waals surface area contributed by atoms with Crippen LogP contribution < -0.4 is 18.9 Å². The largest absolute Gasteiger partial charge is 0.497 e. The van der Waals surface area contributed by atoms with E-state index in [9.17, 15) is 0 Å². The average Bonchev–Trinajstić information content (AvgIpc) is 3.51. The van der Waals surface area contributed by atoms with Crippen molar-refractivity contribution in [1.29, 1.82) is 0 Å². The number of hydrogen-bond donors (Lipinski definition) is 1. The normalized spacial score (nSPS) is 10.8. The molecule has 0 atom stereocenters. The molecule has 0 aliphatic heterocycles. The minimum absolute atomic E-state index is 0.390. The maximum absolute atomic E-state index is 5.78. The van der Waals surface area contributed by atoms with Crippen molar-refractivity contribution in [3.8, 4) is 45.8 Å². The van der Waals surface area contributed by atoms with Crippen LogP contribution in [0.4, 0.5) is 0 Å². The Balaban J connectivity index is 1.45. The van der Waals surface area contributed by atoms with E-state index < -0.39 is 0 Å². The van der Waals surface area contributed by atoms with Crippen LogP contribution in [0.5, 0.6) is 23.0 Å². The van der Waals surface area contributed by atoms with E-state index in [0.717, 1.165) is 11.1 Å². The van der Waals surface area contributed by atoms with Gasteiger partial charge in [-0.3, -0.25) is 5.10 Å². The Morgan fingerprint density at radius 3 is 2.28 bits per heavy atom. The molecule has 2 heterocycles. The monoisotopic (exact) mass is 455 g/mol. The van der Waals surface area contributed by atoms with E-state index in [0.29, 0.717) is 51.5 Å². The third-order valence-electron chi connectivity index (χ3n) is 4.51. The number of methoxy groups -OCH3 is 4. The van der Waals surface area contributed by atoms with Crippen molar-refractivity contribution in [2.45, 2.75) is 10.9 Å². The second-order valence-electron chi connectivity index (χ2n) is 6.43. The van der Waals surface area contributed by atoms with Gasteiger partial charge < -0.3 is 23.4 Å². The zero-order valence-electron chi connectivity index (χ0n) is 17.9. The summed E-state index contributed by atoms with van der Waals surface area (Å²) in [4.78, 5) is 4.52. The van der Waals surface area contributed by atoms with Crippen LogP contribution in [0, 0.1) is 0 Å². The second kappa shape index (κ2) is 9.60. The summed E-state index contributed by atoms with van der Waals surface area (Å²) in [7, 11) is 6.35. The molecule has 0 aliphatic rings. The first kappa shape index (κ1) is 21.5. The van der Waals surface area contributed by atoms with Gasteiger partial charge in [0, 0.05) is 17.2 Å². The Kier molecular flexibility index (Phi) is 6.45. The van der Waals surface area contributed by atoms with Crippen LogP contribution in [0.15, 0.2) is 46.0 Å². The van der Waals surface area contributed by atoms with Crippen molar-refractivity contribution < 1.29 is 23.4 Å². The van der Waals surface area contributed by atoms with E-state index in [1.165, 1.54) is 11.8 Å². The van der Waals surface area contributed by atoms with Crippen LogP contribution in [0.2, 0.25) is 0 Å². The van der Waals surface area contributed by atoms with Gasteiger partial charge in [0.15, 0.2) is 17.3 Å². The van der Waals surface area contributed by atoms with E-state index >= 15 is 0 Å². The van der Waals surface area contributed by atoms with Crippen molar-refractivity contribution in [2.24, 2.45) is 0 Å². The molecule has 0 spiro atoms. The van der Waals surface area contributed by atoms with E-state index in [1.54, 1.807) is 46.6 Å². The SMILES string of the molecule is COc1cc(OC)cc(-c2nc(SCc3nnc(-c4ccc(OC)c(OC)c4)o3)n[nH]2)c1. The summed E-state index contributed by atoms with van der Waals surface area (Å²) in [6.07, 6.45) is 0. The molecule has 32 heavy (non-hydrogen) atoms. The molecule has 2 aromatic heterocycles. The summed E-state index contributed by atoms with van der Waals surface area (Å²) in [5.41, 5.74) is 1.53. The first-order valence-electron chi connectivity index (χ1n) is 9.47. The number of benzene rings is 2. The molecule has 4 aromatic rings. The molecule has 0 amide bonds. The summed E-state index contributed by atoms with van der Waals surface area (Å²) in [5, 5.41) is 16.0. The Hall–Kier alpha value is -3.73. The molecule has 0 bridgehead atoms. The minimum Gasteiger partial charge on any atom is -0.497 e. The van der Waals surface area contributed by atoms with Crippen LogP contribution in [0.3, 0.4) is 0 Å². The molecule has 1 N–H and O–H groups in total.